The number of nitrogens with zero attached hydrogens (tertiary/aromatic N) is 5. The highest BCUT2D eigenvalue weighted by atomic mass is 16.5. The molecule has 1 N–H and O–H groups in total. The molecule has 1 unspecified atom stereocenters. The minimum absolute atomic E-state index is 0.0587. The molecule has 2 aromatic carbocycles. The van der Waals surface area contributed by atoms with E-state index in [1.807, 2.05) is 60.2 Å². The minimum atomic E-state index is -0.0980. The SMILES string of the molecule is COc1ccc(-c2noc(CN3CCCC(C(=O)NCc4ccccc4-n4ccnc4C)C3)n2)cc1OC. The topological polar surface area (TPSA) is 108 Å². The Bertz CT molecular complexity index is 1400. The second kappa shape index (κ2) is 11.5. The molecule has 0 saturated carbocycles. The molecule has 3 heterocycles. The van der Waals surface area contributed by atoms with Gasteiger partial charge in [-0.3, -0.25) is 9.69 Å². The molecule has 10 heteroatoms. The summed E-state index contributed by atoms with van der Waals surface area (Å²) in [5.74, 6) is 3.10. The molecule has 2 aromatic heterocycles. The predicted molar refractivity (Wildman–Crippen MR) is 141 cm³/mol. The lowest BCUT2D eigenvalue weighted by Gasteiger charge is -2.31. The lowest BCUT2D eigenvalue weighted by molar-refractivity contribution is -0.127. The van der Waals surface area contributed by atoms with Crippen LogP contribution in [0.2, 0.25) is 0 Å². The van der Waals surface area contributed by atoms with Gasteiger partial charge in [0.2, 0.25) is 17.6 Å². The van der Waals surface area contributed by atoms with Gasteiger partial charge in [-0.15, -0.1) is 0 Å². The summed E-state index contributed by atoms with van der Waals surface area (Å²) in [5, 5.41) is 7.29. The molecular weight excluding hydrogens is 484 g/mol. The first-order valence-electron chi connectivity index (χ1n) is 12.7. The number of benzene rings is 2. The molecule has 1 saturated heterocycles. The number of hydrogen-bond acceptors (Lipinski definition) is 8. The normalized spacial score (nSPS) is 15.8. The van der Waals surface area contributed by atoms with Crippen LogP contribution in [0.4, 0.5) is 0 Å². The highest BCUT2D eigenvalue weighted by Crippen LogP contribution is 2.31. The summed E-state index contributed by atoms with van der Waals surface area (Å²) in [6.45, 7) is 4.43. The highest BCUT2D eigenvalue weighted by molar-refractivity contribution is 5.79. The van der Waals surface area contributed by atoms with E-state index in [2.05, 4.69) is 25.3 Å². The number of aryl methyl sites for hydroxylation is 1. The van der Waals surface area contributed by atoms with Gasteiger partial charge in [0.15, 0.2) is 11.5 Å². The van der Waals surface area contributed by atoms with Crippen LogP contribution in [0.25, 0.3) is 17.1 Å². The smallest absolute Gasteiger partial charge is 0.241 e. The Morgan fingerprint density at radius 3 is 2.79 bits per heavy atom. The van der Waals surface area contributed by atoms with Crippen molar-refractivity contribution in [3.8, 4) is 28.6 Å². The van der Waals surface area contributed by atoms with E-state index in [9.17, 15) is 4.79 Å². The Hall–Kier alpha value is -4.18. The molecule has 1 atom stereocenters. The Morgan fingerprint density at radius 2 is 2.00 bits per heavy atom. The van der Waals surface area contributed by atoms with Gasteiger partial charge in [0.1, 0.15) is 5.82 Å². The Balaban J connectivity index is 1.19. The molecule has 5 rings (SSSR count). The van der Waals surface area contributed by atoms with Gasteiger partial charge in [-0.2, -0.15) is 4.98 Å². The Morgan fingerprint density at radius 1 is 1.16 bits per heavy atom. The molecule has 0 spiro atoms. The van der Waals surface area contributed by atoms with Crippen molar-refractivity contribution in [3.05, 3.63) is 72.1 Å². The predicted octanol–water partition coefficient (Wildman–Crippen LogP) is 3.78. The second-order valence-corrected chi connectivity index (χ2v) is 9.35. The summed E-state index contributed by atoms with van der Waals surface area (Å²) >= 11 is 0. The van der Waals surface area contributed by atoms with Crippen LogP contribution in [0.3, 0.4) is 0 Å². The lowest BCUT2D eigenvalue weighted by atomic mass is 9.97. The molecule has 198 valence electrons. The quantitative estimate of drug-likeness (QED) is 0.358. The molecule has 38 heavy (non-hydrogen) atoms. The number of aromatic nitrogens is 4. The molecule has 0 aliphatic carbocycles. The number of hydrogen-bond donors (Lipinski definition) is 1. The molecule has 4 aromatic rings. The van der Waals surface area contributed by atoms with Gasteiger partial charge in [0.05, 0.1) is 32.4 Å². The van der Waals surface area contributed by atoms with Crippen molar-refractivity contribution in [2.24, 2.45) is 5.92 Å². The third-order valence-electron chi connectivity index (χ3n) is 6.87. The number of likely N-dealkylation sites (tertiary alicyclic amines) is 1. The maximum atomic E-state index is 13.1. The Kier molecular flexibility index (Phi) is 7.69. The standard InChI is InChI=1S/C28H32N6O4/c1-19-29-12-14-34(19)23-9-5-4-7-21(23)16-30-28(35)22-8-6-13-33(17-22)18-26-31-27(32-38-26)20-10-11-24(36-2)25(15-20)37-3/h4-5,7,9-12,14-15,22H,6,8,13,16-18H2,1-3H3,(H,30,35). The van der Waals surface area contributed by atoms with Crippen LogP contribution in [0, 0.1) is 12.8 Å². The van der Waals surface area contributed by atoms with Crippen LogP contribution in [0.1, 0.15) is 30.1 Å². The third-order valence-corrected chi connectivity index (χ3v) is 6.87. The van der Waals surface area contributed by atoms with Gasteiger partial charge < -0.3 is 23.9 Å². The number of carbonyl (C=O) groups excluding carboxylic acids is 1. The van der Waals surface area contributed by atoms with E-state index in [4.69, 9.17) is 14.0 Å². The molecule has 0 radical (unpaired) electrons. The van der Waals surface area contributed by atoms with E-state index in [1.54, 1.807) is 20.4 Å². The van der Waals surface area contributed by atoms with Crippen molar-refractivity contribution in [1.29, 1.82) is 0 Å². The summed E-state index contributed by atoms with van der Waals surface area (Å²) in [5.41, 5.74) is 2.85. The zero-order valence-corrected chi connectivity index (χ0v) is 21.9. The summed E-state index contributed by atoms with van der Waals surface area (Å²) < 4.78 is 18.2. The molecule has 0 bridgehead atoms. The first kappa shape index (κ1) is 25.5. The van der Waals surface area contributed by atoms with Crippen molar-refractivity contribution in [1.82, 2.24) is 29.9 Å². The van der Waals surface area contributed by atoms with Gasteiger partial charge in [0.25, 0.3) is 0 Å². The number of imidazole rings is 1. The minimum Gasteiger partial charge on any atom is -0.493 e. The molecular formula is C28H32N6O4. The summed E-state index contributed by atoms with van der Waals surface area (Å²) in [4.78, 5) is 24.2. The average Bonchev–Trinajstić information content (AvgIpc) is 3.60. The fourth-order valence-electron chi connectivity index (χ4n) is 4.87. The van der Waals surface area contributed by atoms with Crippen molar-refractivity contribution in [3.63, 3.8) is 0 Å². The van der Waals surface area contributed by atoms with E-state index in [1.165, 1.54) is 0 Å². The number of methoxy groups -OCH3 is 2. The Labute approximate surface area is 221 Å². The second-order valence-electron chi connectivity index (χ2n) is 9.35. The van der Waals surface area contributed by atoms with Gasteiger partial charge >= 0.3 is 0 Å². The number of ether oxygens (including phenoxy) is 2. The van der Waals surface area contributed by atoms with Crippen LogP contribution < -0.4 is 14.8 Å². The number of carbonyl (C=O) groups is 1. The van der Waals surface area contributed by atoms with Crippen molar-refractivity contribution < 1.29 is 18.8 Å². The fraction of sp³-hybridized carbons (Fsp3) is 0.357. The van der Waals surface area contributed by atoms with Crippen LogP contribution >= 0.6 is 0 Å². The zero-order valence-electron chi connectivity index (χ0n) is 21.9. The van der Waals surface area contributed by atoms with Crippen LogP contribution in [0.15, 0.2) is 59.4 Å². The molecule has 1 aliphatic rings. The molecule has 1 fully saturated rings. The zero-order chi connectivity index (χ0) is 26.5. The summed E-state index contributed by atoms with van der Waals surface area (Å²) in [6, 6.07) is 13.6. The maximum absolute atomic E-state index is 13.1. The summed E-state index contributed by atoms with van der Waals surface area (Å²) in [6.07, 6.45) is 5.50. The number of piperidine rings is 1. The number of para-hydroxylation sites is 1. The fourth-order valence-corrected chi connectivity index (χ4v) is 4.87. The lowest BCUT2D eigenvalue weighted by Crippen LogP contribution is -2.42. The first-order chi connectivity index (χ1) is 18.6. The summed E-state index contributed by atoms with van der Waals surface area (Å²) in [7, 11) is 3.18. The van der Waals surface area contributed by atoms with Gasteiger partial charge in [0, 0.05) is 31.0 Å². The van der Waals surface area contributed by atoms with Crippen molar-refractivity contribution >= 4 is 5.91 Å². The third kappa shape index (κ3) is 5.55. The highest BCUT2D eigenvalue weighted by Gasteiger charge is 2.27. The van der Waals surface area contributed by atoms with E-state index in [0.29, 0.717) is 42.8 Å². The average molecular weight is 517 g/mol. The van der Waals surface area contributed by atoms with Crippen molar-refractivity contribution in [2.75, 3.05) is 27.3 Å². The molecule has 10 nitrogen and oxygen atoms in total. The monoisotopic (exact) mass is 516 g/mol. The van der Waals surface area contributed by atoms with Gasteiger partial charge in [-0.1, -0.05) is 23.4 Å². The van der Waals surface area contributed by atoms with Crippen LogP contribution in [-0.2, 0) is 17.9 Å². The van der Waals surface area contributed by atoms with Crippen LogP contribution in [0.5, 0.6) is 11.5 Å². The van der Waals surface area contributed by atoms with Crippen LogP contribution in [-0.4, -0.2) is 57.8 Å². The maximum Gasteiger partial charge on any atom is 0.241 e. The largest absolute Gasteiger partial charge is 0.493 e. The van der Waals surface area contributed by atoms with Gasteiger partial charge in [-0.05, 0) is 56.1 Å². The first-order valence-corrected chi connectivity index (χ1v) is 12.7. The van der Waals surface area contributed by atoms with Gasteiger partial charge in [-0.25, -0.2) is 4.98 Å². The molecule has 1 aliphatic heterocycles. The van der Waals surface area contributed by atoms with E-state index in [-0.39, 0.29) is 11.8 Å². The molecule has 1 amide bonds. The number of nitrogens with one attached hydrogen (secondary N) is 1. The van der Waals surface area contributed by atoms with E-state index < -0.39 is 0 Å². The number of rotatable bonds is 9. The number of amides is 1. The van der Waals surface area contributed by atoms with E-state index in [0.717, 1.165) is 42.0 Å². The van der Waals surface area contributed by atoms with Crippen molar-refractivity contribution in [2.45, 2.75) is 32.9 Å². The van der Waals surface area contributed by atoms with E-state index >= 15 is 0 Å².